The number of para-hydroxylation sites is 1. The molecular formula is C17H18BrNO3. The first-order valence-corrected chi connectivity index (χ1v) is 7.86. The highest BCUT2D eigenvalue weighted by atomic mass is 79.9. The van der Waals surface area contributed by atoms with Gasteiger partial charge >= 0.3 is 5.97 Å². The van der Waals surface area contributed by atoms with E-state index in [0.29, 0.717) is 15.5 Å². The lowest BCUT2D eigenvalue weighted by Crippen LogP contribution is -2.24. The molecule has 0 aliphatic carbocycles. The van der Waals surface area contributed by atoms with Gasteiger partial charge in [-0.3, -0.25) is 4.79 Å². The smallest absolute Gasteiger partial charge is 0.339 e. The summed E-state index contributed by atoms with van der Waals surface area (Å²) in [6.07, 6.45) is 0. The van der Waals surface area contributed by atoms with Crippen LogP contribution in [0, 0.1) is 5.41 Å². The molecule has 1 aromatic heterocycles. The Labute approximate surface area is 138 Å². The Balaban J connectivity index is 2.84. The highest BCUT2D eigenvalue weighted by Crippen LogP contribution is 2.32. The molecule has 1 heterocycles. The molecule has 0 amide bonds. The summed E-state index contributed by atoms with van der Waals surface area (Å²) in [7, 11) is 0. The largest absolute Gasteiger partial charge is 0.462 e. The standard InChI is InChI=1S/C17H18BrNO3/c1-5-22-16(21)12-10-8-6-7-9-11(10)19-15(18)13(12)14(20)17(2,3)4/h6-9H,5H2,1-4H3. The van der Waals surface area contributed by atoms with Gasteiger partial charge in [0.25, 0.3) is 0 Å². The van der Waals surface area contributed by atoms with Crippen LogP contribution in [0.1, 0.15) is 48.4 Å². The van der Waals surface area contributed by atoms with E-state index < -0.39 is 11.4 Å². The van der Waals surface area contributed by atoms with Crippen molar-refractivity contribution in [3.05, 3.63) is 40.0 Å². The van der Waals surface area contributed by atoms with E-state index in [9.17, 15) is 9.59 Å². The average Bonchev–Trinajstić information content (AvgIpc) is 2.44. The van der Waals surface area contributed by atoms with Crippen molar-refractivity contribution in [3.8, 4) is 0 Å². The first kappa shape index (κ1) is 16.6. The van der Waals surface area contributed by atoms with Gasteiger partial charge in [0.05, 0.1) is 23.3 Å². The lowest BCUT2D eigenvalue weighted by molar-refractivity contribution is 0.0523. The zero-order valence-corrected chi connectivity index (χ0v) is 14.7. The molecule has 0 saturated heterocycles. The van der Waals surface area contributed by atoms with Gasteiger partial charge in [-0.2, -0.15) is 0 Å². The molecule has 0 bridgehead atoms. The summed E-state index contributed by atoms with van der Waals surface area (Å²) < 4.78 is 5.52. The number of ketones is 1. The van der Waals surface area contributed by atoms with Crippen LogP contribution in [0.2, 0.25) is 0 Å². The van der Waals surface area contributed by atoms with Gasteiger partial charge in [0.1, 0.15) is 4.60 Å². The number of halogens is 1. The summed E-state index contributed by atoms with van der Waals surface area (Å²) in [6, 6.07) is 7.22. The molecule has 0 saturated carbocycles. The van der Waals surface area contributed by atoms with E-state index in [1.807, 2.05) is 32.9 Å². The van der Waals surface area contributed by atoms with Crippen LogP contribution in [0.15, 0.2) is 28.9 Å². The predicted molar refractivity (Wildman–Crippen MR) is 89.2 cm³/mol. The van der Waals surface area contributed by atoms with E-state index in [1.54, 1.807) is 19.1 Å². The molecule has 5 heteroatoms. The van der Waals surface area contributed by atoms with Crippen molar-refractivity contribution >= 4 is 38.6 Å². The van der Waals surface area contributed by atoms with Gasteiger partial charge in [-0.15, -0.1) is 0 Å². The van der Waals surface area contributed by atoms with Gasteiger partial charge < -0.3 is 4.74 Å². The second kappa shape index (κ2) is 6.16. The quantitative estimate of drug-likeness (QED) is 0.460. The van der Waals surface area contributed by atoms with Crippen LogP contribution in [0.25, 0.3) is 10.9 Å². The molecule has 0 aliphatic heterocycles. The Morgan fingerprint density at radius 1 is 1.18 bits per heavy atom. The Kier molecular flexibility index (Phi) is 4.66. The molecular weight excluding hydrogens is 346 g/mol. The minimum Gasteiger partial charge on any atom is -0.462 e. The lowest BCUT2D eigenvalue weighted by atomic mass is 9.84. The molecule has 2 rings (SSSR count). The number of carbonyl (C=O) groups is 2. The third-order valence-corrected chi connectivity index (χ3v) is 3.81. The number of rotatable bonds is 3. The molecule has 0 radical (unpaired) electrons. The van der Waals surface area contributed by atoms with E-state index in [4.69, 9.17) is 4.74 Å². The zero-order valence-electron chi connectivity index (χ0n) is 13.1. The number of benzene rings is 1. The number of esters is 1. The normalized spacial score (nSPS) is 11.5. The molecule has 0 atom stereocenters. The summed E-state index contributed by atoms with van der Waals surface area (Å²) in [6.45, 7) is 7.42. The van der Waals surface area contributed by atoms with Crippen molar-refractivity contribution < 1.29 is 14.3 Å². The number of aromatic nitrogens is 1. The van der Waals surface area contributed by atoms with Crippen LogP contribution in [0.4, 0.5) is 0 Å². The first-order chi connectivity index (χ1) is 10.3. The van der Waals surface area contributed by atoms with Crippen LogP contribution in [-0.2, 0) is 4.74 Å². The number of ether oxygens (including phenoxy) is 1. The molecule has 0 N–H and O–H groups in total. The van der Waals surface area contributed by atoms with Gasteiger partial charge in [-0.25, -0.2) is 9.78 Å². The van der Waals surface area contributed by atoms with Crippen LogP contribution >= 0.6 is 15.9 Å². The second-order valence-corrected chi connectivity index (χ2v) is 6.72. The summed E-state index contributed by atoms with van der Waals surface area (Å²) in [5.41, 5.74) is 0.570. The number of pyridine rings is 1. The fourth-order valence-corrected chi connectivity index (χ4v) is 2.75. The highest BCUT2D eigenvalue weighted by molar-refractivity contribution is 9.10. The van der Waals surface area contributed by atoms with Gasteiger partial charge in [0, 0.05) is 10.8 Å². The minimum atomic E-state index is -0.631. The van der Waals surface area contributed by atoms with Crippen molar-refractivity contribution in [3.63, 3.8) is 0 Å². The van der Waals surface area contributed by atoms with Crippen molar-refractivity contribution in [2.45, 2.75) is 27.7 Å². The third-order valence-electron chi connectivity index (χ3n) is 3.24. The summed E-state index contributed by atoms with van der Waals surface area (Å²) in [5.74, 6) is -0.657. The van der Waals surface area contributed by atoms with Gasteiger partial charge in [-0.1, -0.05) is 39.0 Å². The second-order valence-electron chi connectivity index (χ2n) is 5.97. The molecule has 0 unspecified atom stereocenters. The molecule has 116 valence electrons. The summed E-state index contributed by atoms with van der Waals surface area (Å²) in [5, 5.41) is 0.622. The number of carbonyl (C=O) groups excluding carboxylic acids is 2. The molecule has 0 aliphatic rings. The number of fused-ring (bicyclic) bond motifs is 1. The maximum absolute atomic E-state index is 12.8. The summed E-state index contributed by atoms with van der Waals surface area (Å²) in [4.78, 5) is 29.6. The maximum atomic E-state index is 12.8. The van der Waals surface area contributed by atoms with Crippen molar-refractivity contribution in [2.75, 3.05) is 6.61 Å². The Morgan fingerprint density at radius 3 is 2.41 bits per heavy atom. The average molecular weight is 364 g/mol. The number of nitrogens with zero attached hydrogens (tertiary/aromatic N) is 1. The molecule has 0 spiro atoms. The summed E-state index contributed by atoms with van der Waals surface area (Å²) >= 11 is 3.34. The van der Waals surface area contributed by atoms with Crippen LogP contribution in [0.5, 0.6) is 0 Å². The molecule has 4 nitrogen and oxygen atoms in total. The SMILES string of the molecule is CCOC(=O)c1c(C(=O)C(C)(C)C)c(Br)nc2ccccc12. The van der Waals surface area contributed by atoms with Crippen LogP contribution in [0.3, 0.4) is 0 Å². The van der Waals surface area contributed by atoms with E-state index in [0.717, 1.165) is 0 Å². The number of Topliss-reactive ketones (excluding diaryl/α,β-unsaturated/α-hetero) is 1. The predicted octanol–water partition coefficient (Wildman–Crippen LogP) is 4.40. The number of hydrogen-bond donors (Lipinski definition) is 0. The van der Waals surface area contributed by atoms with Crippen molar-refractivity contribution in [2.24, 2.45) is 5.41 Å². The first-order valence-electron chi connectivity index (χ1n) is 7.07. The Hall–Kier alpha value is -1.75. The Morgan fingerprint density at radius 2 is 1.82 bits per heavy atom. The Bertz CT molecular complexity index is 747. The third kappa shape index (κ3) is 3.04. The molecule has 22 heavy (non-hydrogen) atoms. The van der Waals surface area contributed by atoms with E-state index >= 15 is 0 Å². The van der Waals surface area contributed by atoms with Crippen LogP contribution in [-0.4, -0.2) is 23.3 Å². The fraction of sp³-hybridized carbons (Fsp3) is 0.353. The molecule has 2 aromatic rings. The lowest BCUT2D eigenvalue weighted by Gasteiger charge is -2.20. The minimum absolute atomic E-state index is 0.152. The topological polar surface area (TPSA) is 56.3 Å². The van der Waals surface area contributed by atoms with E-state index in [2.05, 4.69) is 20.9 Å². The van der Waals surface area contributed by atoms with Gasteiger partial charge in [0.2, 0.25) is 0 Å². The van der Waals surface area contributed by atoms with Gasteiger partial charge in [-0.05, 0) is 28.9 Å². The number of hydrogen-bond acceptors (Lipinski definition) is 4. The van der Waals surface area contributed by atoms with Crippen LogP contribution < -0.4 is 0 Å². The fourth-order valence-electron chi connectivity index (χ4n) is 2.18. The molecule has 1 aromatic carbocycles. The van der Waals surface area contributed by atoms with Crippen molar-refractivity contribution in [1.82, 2.24) is 4.98 Å². The highest BCUT2D eigenvalue weighted by Gasteiger charge is 2.32. The van der Waals surface area contributed by atoms with Gasteiger partial charge in [0.15, 0.2) is 5.78 Å². The maximum Gasteiger partial charge on any atom is 0.339 e. The molecule has 0 fully saturated rings. The van der Waals surface area contributed by atoms with E-state index in [-0.39, 0.29) is 23.5 Å². The van der Waals surface area contributed by atoms with E-state index in [1.165, 1.54) is 0 Å². The van der Waals surface area contributed by atoms with Crippen molar-refractivity contribution in [1.29, 1.82) is 0 Å². The zero-order chi connectivity index (χ0) is 16.5. The monoisotopic (exact) mass is 363 g/mol.